The Morgan fingerprint density at radius 3 is 2.69 bits per heavy atom. The van der Waals surface area contributed by atoms with Crippen LogP contribution in [0.3, 0.4) is 0 Å². The van der Waals surface area contributed by atoms with Crippen molar-refractivity contribution in [1.82, 2.24) is 0 Å². The van der Waals surface area contributed by atoms with E-state index in [1.165, 1.54) is 25.3 Å². The highest BCUT2D eigenvalue weighted by molar-refractivity contribution is 5.48. The van der Waals surface area contributed by atoms with Crippen LogP contribution in [-0.2, 0) is 0 Å². The molecule has 86 valence electrons. The summed E-state index contributed by atoms with van der Waals surface area (Å²) < 4.78 is 10.4. The Kier molecular flexibility index (Phi) is 3.88. The minimum absolute atomic E-state index is 0.0282. The lowest BCUT2D eigenvalue weighted by atomic mass is 10.3. The molecule has 0 N–H and O–H groups in total. The van der Waals surface area contributed by atoms with Crippen LogP contribution in [0.25, 0.3) is 0 Å². The SMILES string of the molecule is C=C(C)COc1ccc([N+](=O)[O-])cc1OC. The van der Waals surface area contributed by atoms with Crippen molar-refractivity contribution in [1.29, 1.82) is 0 Å². The number of non-ortho nitro benzene ring substituents is 1. The maximum absolute atomic E-state index is 10.5. The van der Waals surface area contributed by atoms with Crippen LogP contribution in [0.2, 0.25) is 0 Å². The quantitative estimate of drug-likeness (QED) is 0.437. The van der Waals surface area contributed by atoms with Gasteiger partial charge in [-0.15, -0.1) is 0 Å². The number of nitro groups is 1. The largest absolute Gasteiger partial charge is 0.493 e. The van der Waals surface area contributed by atoms with Crippen LogP contribution in [0, 0.1) is 10.1 Å². The number of rotatable bonds is 5. The molecule has 16 heavy (non-hydrogen) atoms. The maximum Gasteiger partial charge on any atom is 0.273 e. The van der Waals surface area contributed by atoms with Crippen molar-refractivity contribution in [3.63, 3.8) is 0 Å². The van der Waals surface area contributed by atoms with Crippen molar-refractivity contribution in [2.24, 2.45) is 0 Å². The smallest absolute Gasteiger partial charge is 0.273 e. The molecular weight excluding hydrogens is 210 g/mol. The second-order valence-corrected chi connectivity index (χ2v) is 3.34. The van der Waals surface area contributed by atoms with Gasteiger partial charge in [0.2, 0.25) is 0 Å². The lowest BCUT2D eigenvalue weighted by Crippen LogP contribution is -2.00. The zero-order chi connectivity index (χ0) is 12.1. The van der Waals surface area contributed by atoms with Crippen LogP contribution >= 0.6 is 0 Å². The first-order valence-electron chi connectivity index (χ1n) is 4.64. The van der Waals surface area contributed by atoms with Crippen molar-refractivity contribution in [3.05, 3.63) is 40.5 Å². The number of hydrogen-bond acceptors (Lipinski definition) is 4. The van der Waals surface area contributed by atoms with E-state index in [0.717, 1.165) is 5.57 Å². The summed E-state index contributed by atoms with van der Waals surface area (Å²) in [7, 11) is 1.44. The summed E-state index contributed by atoms with van der Waals surface area (Å²) in [5, 5.41) is 10.5. The Morgan fingerprint density at radius 1 is 1.50 bits per heavy atom. The second kappa shape index (κ2) is 5.16. The topological polar surface area (TPSA) is 61.6 Å². The summed E-state index contributed by atoms with van der Waals surface area (Å²) in [4.78, 5) is 10.1. The monoisotopic (exact) mass is 223 g/mol. The molecule has 1 aromatic rings. The van der Waals surface area contributed by atoms with E-state index in [2.05, 4.69) is 6.58 Å². The molecule has 0 saturated heterocycles. The third kappa shape index (κ3) is 2.98. The van der Waals surface area contributed by atoms with E-state index in [9.17, 15) is 10.1 Å². The van der Waals surface area contributed by atoms with Crippen LogP contribution in [-0.4, -0.2) is 18.6 Å². The molecule has 0 aliphatic rings. The molecule has 0 spiro atoms. The van der Waals surface area contributed by atoms with Crippen molar-refractivity contribution in [2.75, 3.05) is 13.7 Å². The second-order valence-electron chi connectivity index (χ2n) is 3.34. The average Bonchev–Trinajstić information content (AvgIpc) is 2.25. The Labute approximate surface area is 93.4 Å². The Hall–Kier alpha value is -2.04. The summed E-state index contributed by atoms with van der Waals surface area (Å²) in [6.07, 6.45) is 0. The van der Waals surface area contributed by atoms with Crippen LogP contribution in [0.5, 0.6) is 11.5 Å². The van der Waals surface area contributed by atoms with Gasteiger partial charge >= 0.3 is 0 Å². The van der Waals surface area contributed by atoms with Gasteiger partial charge in [-0.25, -0.2) is 0 Å². The van der Waals surface area contributed by atoms with Gasteiger partial charge in [0, 0.05) is 6.07 Å². The predicted molar refractivity (Wildman–Crippen MR) is 60.0 cm³/mol. The highest BCUT2D eigenvalue weighted by Crippen LogP contribution is 2.31. The molecule has 0 atom stereocenters. The molecule has 0 bridgehead atoms. The minimum atomic E-state index is -0.481. The molecule has 5 heteroatoms. The van der Waals surface area contributed by atoms with E-state index < -0.39 is 4.92 Å². The lowest BCUT2D eigenvalue weighted by Gasteiger charge is -2.09. The number of benzene rings is 1. The fraction of sp³-hybridized carbons (Fsp3) is 0.273. The summed E-state index contributed by atoms with van der Waals surface area (Å²) in [5.74, 6) is 0.812. The molecule has 0 fully saturated rings. The van der Waals surface area contributed by atoms with Gasteiger partial charge in [-0.1, -0.05) is 6.58 Å². The van der Waals surface area contributed by atoms with Gasteiger partial charge in [0.25, 0.3) is 5.69 Å². The molecule has 0 heterocycles. The van der Waals surface area contributed by atoms with E-state index in [4.69, 9.17) is 9.47 Å². The van der Waals surface area contributed by atoms with E-state index >= 15 is 0 Å². The number of ether oxygens (including phenoxy) is 2. The van der Waals surface area contributed by atoms with E-state index in [-0.39, 0.29) is 5.69 Å². The van der Waals surface area contributed by atoms with Crippen LogP contribution in [0.4, 0.5) is 5.69 Å². The molecule has 1 aromatic carbocycles. The first-order chi connectivity index (χ1) is 7.54. The maximum atomic E-state index is 10.5. The molecule has 0 aromatic heterocycles. The van der Waals surface area contributed by atoms with Gasteiger partial charge in [0.15, 0.2) is 11.5 Å². The predicted octanol–water partition coefficient (Wildman–Crippen LogP) is 2.56. The summed E-state index contributed by atoms with van der Waals surface area (Å²) >= 11 is 0. The molecule has 0 unspecified atom stereocenters. The fourth-order valence-electron chi connectivity index (χ4n) is 1.09. The first kappa shape index (κ1) is 12.0. The van der Waals surface area contributed by atoms with E-state index in [1.807, 2.05) is 6.92 Å². The van der Waals surface area contributed by atoms with Gasteiger partial charge in [-0.05, 0) is 18.6 Å². The standard InChI is InChI=1S/C11H13NO4/c1-8(2)7-16-10-5-4-9(12(13)14)6-11(10)15-3/h4-6H,1,7H2,2-3H3. The molecule has 5 nitrogen and oxygen atoms in total. The third-order valence-electron chi connectivity index (χ3n) is 1.83. The summed E-state index contributed by atoms with van der Waals surface area (Å²) in [6.45, 7) is 5.88. The normalized spacial score (nSPS) is 9.62. The van der Waals surface area contributed by atoms with Crippen LogP contribution < -0.4 is 9.47 Å². The number of nitrogens with zero attached hydrogens (tertiary/aromatic N) is 1. The Balaban J connectivity index is 2.93. The molecule has 0 amide bonds. The average molecular weight is 223 g/mol. The Bertz CT molecular complexity index is 414. The zero-order valence-corrected chi connectivity index (χ0v) is 9.23. The minimum Gasteiger partial charge on any atom is -0.493 e. The van der Waals surface area contributed by atoms with E-state index in [0.29, 0.717) is 18.1 Å². The van der Waals surface area contributed by atoms with Crippen molar-refractivity contribution >= 4 is 5.69 Å². The molecule has 0 aliphatic carbocycles. The number of methoxy groups -OCH3 is 1. The molecule has 0 saturated carbocycles. The van der Waals surface area contributed by atoms with Crippen molar-refractivity contribution in [2.45, 2.75) is 6.92 Å². The molecule has 0 radical (unpaired) electrons. The van der Waals surface area contributed by atoms with E-state index in [1.54, 1.807) is 0 Å². The Morgan fingerprint density at radius 2 is 2.19 bits per heavy atom. The molecular formula is C11H13NO4. The number of nitro benzene ring substituents is 1. The highest BCUT2D eigenvalue weighted by atomic mass is 16.6. The zero-order valence-electron chi connectivity index (χ0n) is 9.23. The third-order valence-corrected chi connectivity index (χ3v) is 1.83. The van der Waals surface area contributed by atoms with Gasteiger partial charge in [0.05, 0.1) is 18.1 Å². The van der Waals surface area contributed by atoms with Gasteiger partial charge < -0.3 is 9.47 Å². The van der Waals surface area contributed by atoms with Crippen molar-refractivity contribution in [3.8, 4) is 11.5 Å². The first-order valence-corrected chi connectivity index (χ1v) is 4.64. The molecule has 0 aliphatic heterocycles. The fourth-order valence-corrected chi connectivity index (χ4v) is 1.09. The summed E-state index contributed by atoms with van der Waals surface area (Å²) in [5.41, 5.74) is 0.833. The molecule has 1 rings (SSSR count). The summed E-state index contributed by atoms with van der Waals surface area (Å²) in [6, 6.07) is 4.21. The lowest BCUT2D eigenvalue weighted by molar-refractivity contribution is -0.384. The highest BCUT2D eigenvalue weighted by Gasteiger charge is 2.11. The number of hydrogen-bond donors (Lipinski definition) is 0. The van der Waals surface area contributed by atoms with Gasteiger partial charge in [-0.2, -0.15) is 0 Å². The van der Waals surface area contributed by atoms with Gasteiger partial charge in [0.1, 0.15) is 6.61 Å². The van der Waals surface area contributed by atoms with Crippen LogP contribution in [0.15, 0.2) is 30.4 Å². The van der Waals surface area contributed by atoms with Gasteiger partial charge in [-0.3, -0.25) is 10.1 Å². The van der Waals surface area contributed by atoms with Crippen LogP contribution in [0.1, 0.15) is 6.92 Å². The van der Waals surface area contributed by atoms with Crippen molar-refractivity contribution < 1.29 is 14.4 Å².